The summed E-state index contributed by atoms with van der Waals surface area (Å²) < 4.78 is 160. The van der Waals surface area contributed by atoms with Gasteiger partial charge in [0.1, 0.15) is 0 Å². The van der Waals surface area contributed by atoms with Gasteiger partial charge in [-0.3, -0.25) is 0 Å². The van der Waals surface area contributed by atoms with Gasteiger partial charge < -0.3 is 0 Å². The molecule has 186 valence electrons. The molecular weight excluding hydrogens is 480 g/mol. The fourth-order valence-electron chi connectivity index (χ4n) is 5.04. The number of hydrogen-bond donors (Lipinski definition) is 0. The van der Waals surface area contributed by atoms with Crippen LogP contribution in [0.15, 0.2) is 157 Å². The lowest BCUT2D eigenvalue weighted by Crippen LogP contribution is -1.91. The van der Waals surface area contributed by atoms with Crippen LogP contribution in [0.1, 0.15) is 24.7 Å². The van der Waals surface area contributed by atoms with Gasteiger partial charge in [0.2, 0.25) is 0 Å². The minimum atomic E-state index is -0.808. The van der Waals surface area contributed by atoms with Crippen LogP contribution in [-0.4, -0.2) is 0 Å². The van der Waals surface area contributed by atoms with E-state index in [1.165, 1.54) is 0 Å². The lowest BCUT2D eigenvalue weighted by Gasteiger charge is -2.18. The smallest absolute Gasteiger partial charge is 0.0616 e. The fraction of sp³-hybridized carbons (Fsp3) is 0. The standard InChI is InChI=1S/C40H26/c1-3-11-31-25-33(23-19-27(31)9-1)29-17-21-30(22-18-29)39-35-13-5-7-15-37(35)40(38-16-8-6-14-36(38)39)34-24-20-28-10-2-4-12-32(28)26-34/h1-26H/i1D,3D,5D,6D,7D,8D,9D,11D,13D,14D,15D,16D,17D,18D,19D,21D,22D,25D. The zero-order valence-electron chi connectivity index (χ0n) is 38.6. The molecule has 0 aromatic heterocycles. The Hall–Kier alpha value is -5.20. The molecule has 0 fully saturated rings. The van der Waals surface area contributed by atoms with Crippen molar-refractivity contribution in [3.05, 3.63) is 157 Å². The monoisotopic (exact) mass is 524 g/mol. The Kier molecular flexibility index (Phi) is 2.56. The molecule has 0 saturated carbocycles. The molecule has 0 amide bonds. The number of rotatable bonds is 3. The van der Waals surface area contributed by atoms with E-state index in [2.05, 4.69) is 0 Å². The molecular formula is C40H26. The minimum absolute atomic E-state index is 0.0351. The zero-order chi connectivity index (χ0) is 42.1. The number of hydrogen-bond acceptors (Lipinski definition) is 0. The van der Waals surface area contributed by atoms with Gasteiger partial charge in [0.25, 0.3) is 0 Å². The molecule has 8 aromatic carbocycles. The molecule has 8 rings (SSSR count). The summed E-state index contributed by atoms with van der Waals surface area (Å²) in [5.74, 6) is 0. The Morgan fingerprint density at radius 3 is 1.57 bits per heavy atom. The van der Waals surface area contributed by atoms with Gasteiger partial charge in [-0.05, 0) is 88.6 Å². The maximum absolute atomic E-state index is 9.38. The van der Waals surface area contributed by atoms with Crippen LogP contribution in [0.4, 0.5) is 0 Å². The van der Waals surface area contributed by atoms with Crippen LogP contribution in [0.5, 0.6) is 0 Å². The first-order valence-electron chi connectivity index (χ1n) is 21.4. The van der Waals surface area contributed by atoms with E-state index < -0.39 is 125 Å². The van der Waals surface area contributed by atoms with Crippen LogP contribution in [-0.2, 0) is 0 Å². The van der Waals surface area contributed by atoms with Gasteiger partial charge in [-0.25, -0.2) is 0 Å². The van der Waals surface area contributed by atoms with Crippen molar-refractivity contribution in [2.75, 3.05) is 0 Å². The highest BCUT2D eigenvalue weighted by molar-refractivity contribution is 6.21. The molecule has 0 N–H and O–H groups in total. The van der Waals surface area contributed by atoms with Gasteiger partial charge in [-0.1, -0.05) is 145 Å². The highest BCUT2D eigenvalue weighted by Crippen LogP contribution is 2.44. The first kappa shape index (κ1) is 11.1. The molecule has 0 radical (unpaired) electrons. The summed E-state index contributed by atoms with van der Waals surface area (Å²) in [5.41, 5.74) is -1.44. The van der Waals surface area contributed by atoms with E-state index in [4.69, 9.17) is 13.7 Å². The quantitative estimate of drug-likeness (QED) is 0.202. The highest BCUT2D eigenvalue weighted by atomic mass is 14.2. The third-order valence-electron chi connectivity index (χ3n) is 6.87. The molecule has 0 atom stereocenters. The van der Waals surface area contributed by atoms with Crippen molar-refractivity contribution >= 4 is 43.1 Å². The van der Waals surface area contributed by atoms with Crippen LogP contribution in [0.25, 0.3) is 76.5 Å². The van der Waals surface area contributed by atoms with Gasteiger partial charge in [0.05, 0.1) is 24.7 Å². The third-order valence-corrected chi connectivity index (χ3v) is 6.87. The van der Waals surface area contributed by atoms with Crippen LogP contribution >= 0.6 is 0 Å². The van der Waals surface area contributed by atoms with Crippen molar-refractivity contribution in [1.29, 1.82) is 0 Å². The fourth-order valence-corrected chi connectivity index (χ4v) is 5.04. The topological polar surface area (TPSA) is 0 Å². The first-order chi connectivity index (χ1) is 27.3. The molecule has 0 spiro atoms. The summed E-state index contributed by atoms with van der Waals surface area (Å²) in [6, 6.07) is 1.40. The third kappa shape index (κ3) is 3.69. The summed E-state index contributed by atoms with van der Waals surface area (Å²) >= 11 is 0. The van der Waals surface area contributed by atoms with E-state index in [1.54, 1.807) is 24.3 Å². The highest BCUT2D eigenvalue weighted by Gasteiger charge is 2.16. The Morgan fingerprint density at radius 2 is 0.900 bits per heavy atom. The van der Waals surface area contributed by atoms with Crippen molar-refractivity contribution in [3.63, 3.8) is 0 Å². The van der Waals surface area contributed by atoms with Crippen LogP contribution in [0, 0.1) is 0 Å². The lowest BCUT2D eigenvalue weighted by molar-refractivity contribution is 1.63. The molecule has 0 nitrogen and oxygen atoms in total. The predicted octanol–water partition coefficient (Wildman–Crippen LogP) is 11.3. The van der Waals surface area contributed by atoms with E-state index in [0.29, 0.717) is 5.56 Å². The SMILES string of the molecule is [2H]c1c([2H])c(-c2c3c([2H])c([2H])c([2H])c([2H])c3c(-c3ccc4ccccc4c3)c3c([2H])c([2H])c([2H])c([2H])c23)c([2H])c([2H])c1-c1cc([2H])c2c([2H])c([2H])c([2H])c([2H])c2c1[2H]. The molecule has 0 unspecified atom stereocenters. The average Bonchev–Trinajstić information content (AvgIpc) is 3.21. The Balaban J connectivity index is 1.59. The minimum Gasteiger partial charge on any atom is -0.0616 e. The van der Waals surface area contributed by atoms with Crippen LogP contribution in [0.3, 0.4) is 0 Å². The molecule has 0 aliphatic heterocycles. The molecule has 0 aliphatic rings. The van der Waals surface area contributed by atoms with E-state index in [0.717, 1.165) is 16.8 Å². The van der Waals surface area contributed by atoms with Gasteiger partial charge in [-0.2, -0.15) is 0 Å². The summed E-state index contributed by atoms with van der Waals surface area (Å²) in [6.45, 7) is 0. The number of fused-ring (bicyclic) bond motifs is 4. The summed E-state index contributed by atoms with van der Waals surface area (Å²) in [6.07, 6.45) is 0. The lowest BCUT2D eigenvalue weighted by atomic mass is 9.85. The summed E-state index contributed by atoms with van der Waals surface area (Å²) in [7, 11) is 0. The maximum atomic E-state index is 9.38. The van der Waals surface area contributed by atoms with Crippen molar-refractivity contribution in [1.82, 2.24) is 0 Å². The van der Waals surface area contributed by atoms with Crippen molar-refractivity contribution in [2.24, 2.45) is 0 Å². The average molecular weight is 525 g/mol. The zero-order valence-corrected chi connectivity index (χ0v) is 20.6. The predicted molar refractivity (Wildman–Crippen MR) is 173 cm³/mol. The Labute approximate surface area is 259 Å². The second-order valence-corrected chi connectivity index (χ2v) is 9.14. The molecule has 40 heavy (non-hydrogen) atoms. The largest absolute Gasteiger partial charge is 0.0636 e. The second kappa shape index (κ2) is 9.22. The van der Waals surface area contributed by atoms with Crippen molar-refractivity contribution in [2.45, 2.75) is 0 Å². The summed E-state index contributed by atoms with van der Waals surface area (Å²) in [5, 5.41) is -0.133. The van der Waals surface area contributed by atoms with Crippen LogP contribution < -0.4 is 0 Å². The molecule has 0 saturated heterocycles. The van der Waals surface area contributed by atoms with Gasteiger partial charge in [0.15, 0.2) is 0 Å². The maximum Gasteiger partial charge on any atom is 0.0636 e. The summed E-state index contributed by atoms with van der Waals surface area (Å²) in [4.78, 5) is 0. The van der Waals surface area contributed by atoms with E-state index in [-0.39, 0.29) is 43.4 Å². The first-order valence-corrected chi connectivity index (χ1v) is 12.4. The normalized spacial score (nSPS) is 17.8. The van der Waals surface area contributed by atoms with Crippen molar-refractivity contribution in [3.8, 4) is 33.4 Å². The van der Waals surface area contributed by atoms with Crippen molar-refractivity contribution < 1.29 is 24.7 Å². The van der Waals surface area contributed by atoms with E-state index in [9.17, 15) is 11.0 Å². The molecule has 0 bridgehead atoms. The molecule has 0 heteroatoms. The van der Waals surface area contributed by atoms with E-state index >= 15 is 0 Å². The van der Waals surface area contributed by atoms with E-state index in [1.807, 2.05) is 18.2 Å². The van der Waals surface area contributed by atoms with Gasteiger partial charge in [-0.15, -0.1) is 0 Å². The molecule has 8 aromatic rings. The number of benzene rings is 8. The van der Waals surface area contributed by atoms with Crippen LogP contribution in [0.2, 0.25) is 0 Å². The molecule has 0 heterocycles. The van der Waals surface area contributed by atoms with Gasteiger partial charge in [0, 0.05) is 0 Å². The Bertz CT molecular complexity index is 3100. The van der Waals surface area contributed by atoms with Gasteiger partial charge >= 0.3 is 0 Å². The molecule has 0 aliphatic carbocycles. The Morgan fingerprint density at radius 1 is 0.350 bits per heavy atom. The second-order valence-electron chi connectivity index (χ2n) is 9.14.